The maximum absolute atomic E-state index is 13.5. The topological polar surface area (TPSA) is 84.3 Å². The number of sulfonamides is 1. The molecule has 1 fully saturated rings. The Hall–Kier alpha value is -2.35. The van der Waals surface area contributed by atoms with Crippen molar-refractivity contribution in [1.82, 2.24) is 15.1 Å². The third-order valence-corrected chi connectivity index (χ3v) is 8.53. The van der Waals surface area contributed by atoms with Crippen molar-refractivity contribution in [1.29, 1.82) is 0 Å². The number of anilines is 1. The van der Waals surface area contributed by atoms with Gasteiger partial charge in [-0.15, -0.1) is 0 Å². The number of hydrogen-bond donors (Lipinski definition) is 1. The first-order valence-corrected chi connectivity index (χ1v) is 12.2. The smallest absolute Gasteiger partial charge is 0.268 e. The number of nitrogens with zero attached hydrogens (tertiary/aromatic N) is 3. The number of nitrogens with one attached hydrogen (secondary N) is 1. The summed E-state index contributed by atoms with van der Waals surface area (Å²) in [7, 11) is -3.75. The summed E-state index contributed by atoms with van der Waals surface area (Å²) >= 11 is 0. The average Bonchev–Trinajstić information content (AvgIpc) is 3.25. The fourth-order valence-corrected chi connectivity index (χ4v) is 6.68. The number of para-hydroxylation sites is 1. The fraction of sp³-hybridized carbons (Fsp3) is 0.545. The average molecular weight is 431 g/mol. The van der Waals surface area contributed by atoms with Crippen LogP contribution in [0.15, 0.2) is 29.2 Å². The van der Waals surface area contributed by atoms with E-state index < -0.39 is 10.0 Å². The van der Waals surface area contributed by atoms with Gasteiger partial charge < -0.3 is 5.32 Å². The zero-order valence-electron chi connectivity index (χ0n) is 17.9. The highest BCUT2D eigenvalue weighted by molar-refractivity contribution is 7.93. The Morgan fingerprint density at radius 2 is 1.93 bits per heavy atom. The van der Waals surface area contributed by atoms with Crippen LogP contribution in [0.4, 0.5) is 5.69 Å². The summed E-state index contributed by atoms with van der Waals surface area (Å²) in [6, 6.07) is 7.77. The molecule has 0 bridgehead atoms. The molecule has 2 aromatic rings. The highest BCUT2D eigenvalue weighted by Gasteiger charge is 2.35. The van der Waals surface area contributed by atoms with E-state index in [0.29, 0.717) is 30.3 Å². The molecule has 0 spiro atoms. The van der Waals surface area contributed by atoms with E-state index in [1.165, 1.54) is 15.4 Å². The number of hydrogen-bond acceptors (Lipinski definition) is 4. The van der Waals surface area contributed by atoms with Crippen molar-refractivity contribution < 1.29 is 13.2 Å². The monoisotopic (exact) mass is 430 g/mol. The second-order valence-corrected chi connectivity index (χ2v) is 10.3. The molecular weight excluding hydrogens is 400 g/mol. The van der Waals surface area contributed by atoms with Gasteiger partial charge in [0.2, 0.25) is 5.91 Å². The molecule has 0 unspecified atom stereocenters. The first-order chi connectivity index (χ1) is 14.3. The minimum atomic E-state index is -3.75. The number of fused-ring (bicyclic) bond motifs is 1. The number of rotatable bonds is 5. The van der Waals surface area contributed by atoms with Gasteiger partial charge in [0.05, 0.1) is 17.1 Å². The summed E-state index contributed by atoms with van der Waals surface area (Å²) in [4.78, 5) is 12.8. The summed E-state index contributed by atoms with van der Waals surface area (Å²) in [5.41, 5.74) is 2.69. The Labute approximate surface area is 178 Å². The normalized spacial score (nSPS) is 21.5. The summed E-state index contributed by atoms with van der Waals surface area (Å²) in [6.45, 7) is 6.05. The molecule has 1 aromatic carbocycles. The van der Waals surface area contributed by atoms with Crippen LogP contribution in [0.5, 0.6) is 0 Å². The summed E-state index contributed by atoms with van der Waals surface area (Å²) < 4.78 is 29.9. The van der Waals surface area contributed by atoms with Crippen LogP contribution in [0.3, 0.4) is 0 Å². The molecule has 8 heteroatoms. The lowest BCUT2D eigenvalue weighted by Gasteiger charge is -2.29. The van der Waals surface area contributed by atoms with E-state index in [1.807, 2.05) is 24.3 Å². The maximum atomic E-state index is 13.5. The lowest BCUT2D eigenvalue weighted by atomic mass is 9.86. The Balaban J connectivity index is 1.56. The number of carbonyl (C=O) groups excluding carboxylic acids is 1. The number of aryl methyl sites for hydroxylation is 1. The molecule has 30 heavy (non-hydrogen) atoms. The molecule has 1 N–H and O–H groups in total. The molecule has 1 amide bonds. The largest absolute Gasteiger partial charge is 0.351 e. The molecule has 2 heterocycles. The molecule has 2 aliphatic rings. The van der Waals surface area contributed by atoms with Gasteiger partial charge in [-0.3, -0.25) is 13.8 Å². The third kappa shape index (κ3) is 3.73. The van der Waals surface area contributed by atoms with Crippen LogP contribution in [0.25, 0.3) is 0 Å². The van der Waals surface area contributed by atoms with Crippen molar-refractivity contribution in [2.45, 2.75) is 70.4 Å². The van der Waals surface area contributed by atoms with E-state index in [-0.39, 0.29) is 23.4 Å². The second kappa shape index (κ2) is 8.06. The number of benzene rings is 1. The Morgan fingerprint density at radius 3 is 2.70 bits per heavy atom. The van der Waals surface area contributed by atoms with Crippen LogP contribution < -0.4 is 9.62 Å². The van der Waals surface area contributed by atoms with E-state index in [2.05, 4.69) is 17.3 Å². The first-order valence-electron chi connectivity index (χ1n) is 10.7. The second-order valence-electron chi connectivity index (χ2n) is 8.55. The molecule has 1 aliphatic heterocycles. The standard InChI is InChI=1S/C22H30N4O3S/c1-15-8-4-6-10-19(15)23-21(27)14-25-17(3)22(16(2)24-25)30(28,29)26-13-12-18-9-5-7-11-20(18)26/h5,7,9,11,15,19H,4,6,8,10,12-14H2,1-3H3,(H,23,27)/t15-,19-/m0/s1. The van der Waals surface area contributed by atoms with Crippen molar-refractivity contribution in [3.05, 3.63) is 41.2 Å². The van der Waals surface area contributed by atoms with E-state index in [1.54, 1.807) is 13.8 Å². The van der Waals surface area contributed by atoms with E-state index in [9.17, 15) is 13.2 Å². The van der Waals surface area contributed by atoms with Crippen LogP contribution in [-0.2, 0) is 27.8 Å². The van der Waals surface area contributed by atoms with Gasteiger partial charge in [0.15, 0.2) is 0 Å². The summed E-state index contributed by atoms with van der Waals surface area (Å²) in [5, 5.41) is 7.53. The Kier molecular flexibility index (Phi) is 5.61. The minimum absolute atomic E-state index is 0.0298. The number of aromatic nitrogens is 2. The maximum Gasteiger partial charge on any atom is 0.268 e. The molecule has 1 aliphatic carbocycles. The minimum Gasteiger partial charge on any atom is -0.351 e. The van der Waals surface area contributed by atoms with Gasteiger partial charge in [0.1, 0.15) is 11.4 Å². The lowest BCUT2D eigenvalue weighted by molar-refractivity contribution is -0.123. The molecule has 4 rings (SSSR count). The zero-order chi connectivity index (χ0) is 21.5. The predicted octanol–water partition coefficient (Wildman–Crippen LogP) is 2.95. The van der Waals surface area contributed by atoms with E-state index in [4.69, 9.17) is 0 Å². The quantitative estimate of drug-likeness (QED) is 0.790. The Morgan fingerprint density at radius 1 is 1.20 bits per heavy atom. The van der Waals surface area contributed by atoms with Crippen LogP contribution in [0.2, 0.25) is 0 Å². The molecular formula is C22H30N4O3S. The van der Waals surface area contributed by atoms with Crippen molar-refractivity contribution in [2.24, 2.45) is 5.92 Å². The highest BCUT2D eigenvalue weighted by Crippen LogP contribution is 2.34. The molecule has 0 saturated heterocycles. The van der Waals surface area contributed by atoms with Crippen molar-refractivity contribution >= 4 is 21.6 Å². The SMILES string of the molecule is Cc1nn(CC(=O)N[C@H]2CCCC[C@@H]2C)c(C)c1S(=O)(=O)N1CCc2ccccc21. The summed E-state index contributed by atoms with van der Waals surface area (Å²) in [6.07, 6.45) is 5.17. The van der Waals surface area contributed by atoms with Crippen molar-refractivity contribution in [2.75, 3.05) is 10.8 Å². The van der Waals surface area contributed by atoms with Crippen LogP contribution in [-0.4, -0.2) is 36.7 Å². The van der Waals surface area contributed by atoms with Gasteiger partial charge in [0, 0.05) is 12.6 Å². The molecule has 1 saturated carbocycles. The predicted molar refractivity (Wildman–Crippen MR) is 116 cm³/mol. The van der Waals surface area contributed by atoms with Crippen molar-refractivity contribution in [3.63, 3.8) is 0 Å². The van der Waals surface area contributed by atoms with Crippen LogP contribution in [0, 0.1) is 19.8 Å². The third-order valence-electron chi connectivity index (χ3n) is 6.46. The fourth-order valence-electron chi connectivity index (χ4n) is 4.79. The van der Waals surface area contributed by atoms with Crippen LogP contribution >= 0.6 is 0 Å². The molecule has 162 valence electrons. The van der Waals surface area contributed by atoms with E-state index >= 15 is 0 Å². The Bertz CT molecular complexity index is 1060. The van der Waals surface area contributed by atoms with Gasteiger partial charge in [0.25, 0.3) is 10.0 Å². The first kappa shape index (κ1) is 20.9. The van der Waals surface area contributed by atoms with E-state index in [0.717, 1.165) is 30.5 Å². The zero-order valence-corrected chi connectivity index (χ0v) is 18.7. The molecule has 2 atom stereocenters. The number of carbonyl (C=O) groups is 1. The van der Waals surface area contributed by atoms with Gasteiger partial charge in [-0.05, 0) is 50.7 Å². The molecule has 7 nitrogen and oxygen atoms in total. The van der Waals surface area contributed by atoms with Gasteiger partial charge in [-0.1, -0.05) is 38.0 Å². The van der Waals surface area contributed by atoms with Gasteiger partial charge >= 0.3 is 0 Å². The van der Waals surface area contributed by atoms with Crippen LogP contribution in [0.1, 0.15) is 49.6 Å². The van der Waals surface area contributed by atoms with Gasteiger partial charge in [-0.2, -0.15) is 5.10 Å². The highest BCUT2D eigenvalue weighted by atomic mass is 32.2. The van der Waals surface area contributed by atoms with Gasteiger partial charge in [-0.25, -0.2) is 8.42 Å². The molecule has 1 aromatic heterocycles. The van der Waals surface area contributed by atoms with Crippen molar-refractivity contribution in [3.8, 4) is 0 Å². The number of amides is 1. The lowest BCUT2D eigenvalue weighted by Crippen LogP contribution is -2.42. The molecule has 0 radical (unpaired) electrons. The summed E-state index contributed by atoms with van der Waals surface area (Å²) in [5.74, 6) is 0.351.